The number of aryl methyl sites for hydroxylation is 1. The second-order valence-corrected chi connectivity index (χ2v) is 25.6. The van der Waals surface area contributed by atoms with Gasteiger partial charge in [0, 0.05) is 37.7 Å². The van der Waals surface area contributed by atoms with Crippen molar-refractivity contribution >= 4 is 27.9 Å². The van der Waals surface area contributed by atoms with E-state index in [9.17, 15) is 24.4 Å². The molecule has 0 saturated carbocycles. The van der Waals surface area contributed by atoms with E-state index in [0.717, 1.165) is 5.56 Å². The molecule has 2 aliphatic rings. The van der Waals surface area contributed by atoms with Gasteiger partial charge in [-0.05, 0) is 72.1 Å². The van der Waals surface area contributed by atoms with Gasteiger partial charge >= 0.3 is 19.2 Å². The van der Waals surface area contributed by atoms with Crippen LogP contribution < -0.4 is 31.7 Å². The summed E-state index contributed by atoms with van der Waals surface area (Å²) >= 11 is 0. The van der Waals surface area contributed by atoms with Crippen molar-refractivity contribution in [2.24, 2.45) is 0 Å². The van der Waals surface area contributed by atoms with Gasteiger partial charge in [0.1, 0.15) is 53.7 Å². The Hall–Kier alpha value is -6.05. The Bertz CT molecular complexity index is 2930. The Morgan fingerprint density at radius 2 is 1.42 bits per heavy atom. The fourth-order valence-corrected chi connectivity index (χ4v) is 11.2. The number of nitriles is 1. The van der Waals surface area contributed by atoms with Crippen LogP contribution in [0.2, 0.25) is 18.1 Å². The number of hydrogen-bond acceptors (Lipinski definition) is 16. The van der Waals surface area contributed by atoms with Crippen molar-refractivity contribution < 1.29 is 51.0 Å². The summed E-state index contributed by atoms with van der Waals surface area (Å²) in [7, 11) is -4.11. The maximum absolute atomic E-state index is 15.2. The van der Waals surface area contributed by atoms with Crippen LogP contribution in [0.15, 0.2) is 112 Å². The lowest BCUT2D eigenvalue weighted by Crippen LogP contribution is -2.46. The number of amides is 1. The first-order valence-corrected chi connectivity index (χ1v) is 28.2. The molecule has 7 rings (SSSR count). The summed E-state index contributed by atoms with van der Waals surface area (Å²) in [4.78, 5) is 57.3. The highest BCUT2D eigenvalue weighted by atomic mass is 31.2. The van der Waals surface area contributed by atoms with Gasteiger partial charge < -0.3 is 33.4 Å². The molecule has 1 amide bonds. The van der Waals surface area contributed by atoms with Crippen molar-refractivity contribution in [2.75, 3.05) is 39.4 Å². The molecule has 0 radical (unpaired) electrons. The normalized spacial score (nSPS) is 21.0. The minimum absolute atomic E-state index is 0.0302. The minimum Gasteiger partial charge on any atom is -0.497 e. The number of benzene rings is 3. The van der Waals surface area contributed by atoms with E-state index in [1.54, 1.807) is 21.1 Å². The number of phosphoric acid groups is 1. The first-order valence-electron chi connectivity index (χ1n) is 23.8. The van der Waals surface area contributed by atoms with Crippen LogP contribution in [0.1, 0.15) is 81.7 Å². The molecule has 20 nitrogen and oxygen atoms in total. The van der Waals surface area contributed by atoms with Crippen LogP contribution in [0.5, 0.6) is 11.5 Å². The number of methoxy groups -OCH3 is 2. The number of nitrogens with one attached hydrogen (secondary N) is 2. The molecule has 2 N–H and O–H groups in total. The van der Waals surface area contributed by atoms with Crippen LogP contribution in [-0.4, -0.2) is 91.8 Å². The van der Waals surface area contributed by atoms with Crippen molar-refractivity contribution in [1.82, 2.24) is 19.1 Å². The van der Waals surface area contributed by atoms with Gasteiger partial charge in [-0.15, -0.1) is 0 Å². The van der Waals surface area contributed by atoms with E-state index in [2.05, 4.69) is 49.1 Å². The smallest absolute Gasteiger partial charge is 0.475 e. The maximum Gasteiger partial charge on any atom is 0.475 e. The molecule has 0 spiro atoms. The predicted molar refractivity (Wildman–Crippen MR) is 271 cm³/mol. The van der Waals surface area contributed by atoms with Crippen LogP contribution in [-0.2, 0) is 47.2 Å². The Labute approximate surface area is 424 Å². The number of aromatic amines is 1. The quantitative estimate of drug-likeness (QED) is 0.0313. The van der Waals surface area contributed by atoms with Crippen LogP contribution in [0.3, 0.4) is 0 Å². The Kier molecular flexibility index (Phi) is 17.2. The molecular formula is C51H63N6O14PSi. The SMILES string of the molecule is COc1ccc(C(OC[C@H]2O[C@@H](n3ccc(NC(C)=O)nc3=O)C[C@@H]2OP(=O)(OCCC#N)OC[C@H]2O[C@@H](n3cc(C)c(=O)[nH]c3=O)C[C@@H]2O[Si](C)(C)C(C)(C)C)(c2ccccc2)c2ccc(OC)cc2)cc1. The molecule has 73 heavy (non-hydrogen) atoms. The minimum atomic E-state index is -4.73. The zero-order valence-corrected chi connectivity index (χ0v) is 44.3. The van der Waals surface area contributed by atoms with E-state index >= 15 is 4.57 Å². The summed E-state index contributed by atoms with van der Waals surface area (Å²) in [5.41, 5.74) is -0.850. The summed E-state index contributed by atoms with van der Waals surface area (Å²) in [6.07, 6.45) is -3.15. The largest absolute Gasteiger partial charge is 0.497 e. The maximum atomic E-state index is 15.2. The van der Waals surface area contributed by atoms with E-state index in [1.807, 2.05) is 84.9 Å². The van der Waals surface area contributed by atoms with E-state index < -0.39 is 88.1 Å². The Morgan fingerprint density at radius 3 is 1.99 bits per heavy atom. The monoisotopic (exact) mass is 1040 g/mol. The number of carbonyl (C=O) groups excluding carboxylic acids is 1. The van der Waals surface area contributed by atoms with Gasteiger partial charge in [-0.25, -0.2) is 14.2 Å². The Balaban J connectivity index is 1.26. The van der Waals surface area contributed by atoms with E-state index in [-0.39, 0.29) is 43.3 Å². The highest BCUT2D eigenvalue weighted by molar-refractivity contribution is 7.48. The highest BCUT2D eigenvalue weighted by Gasteiger charge is 2.49. The molecule has 7 atom stereocenters. The standard InChI is InChI=1S/C51H63N6O14PSi/c1-33-30-57(49(61)55-47(33)59)46-29-41(71-73(8,9)50(3,4)5)43(69-46)32-67-72(62,66-27-13-25-52)70-40-28-45(56-26-24-44(53-34(2)58)54-48(56)60)68-42(40)31-65-51(35-14-11-10-12-15-35,36-16-20-38(63-6)21-17-36)37-18-22-39(64-7)23-19-37/h10-12,14-24,26,30,40-43,45-46H,13,27-29,31-32H2,1-9H3,(H,55,59,61)(H,53,54,58,60)/t40-,41-,42+,43+,45+,46+,72?/m0/s1. The molecule has 2 aromatic heterocycles. The molecule has 4 heterocycles. The van der Waals surface area contributed by atoms with Crippen molar-refractivity contribution in [3.8, 4) is 17.6 Å². The predicted octanol–water partition coefficient (Wildman–Crippen LogP) is 7.49. The third-order valence-corrected chi connectivity index (χ3v) is 19.3. The van der Waals surface area contributed by atoms with E-state index in [0.29, 0.717) is 28.2 Å². The number of ether oxygens (including phenoxy) is 5. The zero-order chi connectivity index (χ0) is 52.7. The van der Waals surface area contributed by atoms with Crippen LogP contribution in [0.4, 0.5) is 5.82 Å². The number of hydrogen-bond donors (Lipinski definition) is 2. The fourth-order valence-electron chi connectivity index (χ4n) is 8.43. The van der Waals surface area contributed by atoms with Crippen LogP contribution in [0.25, 0.3) is 0 Å². The molecule has 22 heteroatoms. The third-order valence-electron chi connectivity index (χ3n) is 13.3. The molecule has 1 unspecified atom stereocenters. The van der Waals surface area contributed by atoms with E-state index in [1.165, 1.54) is 34.5 Å². The molecule has 5 aromatic rings. The number of nitrogens with zero attached hydrogens (tertiary/aromatic N) is 4. The third kappa shape index (κ3) is 12.7. The first-order chi connectivity index (χ1) is 34.7. The van der Waals surface area contributed by atoms with Crippen molar-refractivity contribution in [1.29, 1.82) is 5.26 Å². The van der Waals surface area contributed by atoms with Crippen molar-refractivity contribution in [2.45, 2.75) is 114 Å². The molecule has 0 bridgehead atoms. The molecule has 3 aromatic carbocycles. The number of rotatable bonds is 21. The molecule has 2 fully saturated rings. The topological polar surface area (TPSA) is 243 Å². The van der Waals surface area contributed by atoms with Gasteiger partial charge in [0.05, 0.1) is 52.6 Å². The molecule has 0 aliphatic carbocycles. The van der Waals surface area contributed by atoms with Crippen LogP contribution >= 0.6 is 7.82 Å². The number of carbonyl (C=O) groups is 1. The lowest BCUT2D eigenvalue weighted by Gasteiger charge is -2.39. The average molecular weight is 1040 g/mol. The van der Waals surface area contributed by atoms with E-state index in [4.69, 9.17) is 41.7 Å². The number of anilines is 1. The second-order valence-electron chi connectivity index (χ2n) is 19.3. The molecular weight excluding hydrogens is 980 g/mol. The van der Waals surface area contributed by atoms with Gasteiger partial charge in [-0.1, -0.05) is 75.4 Å². The summed E-state index contributed by atoms with van der Waals surface area (Å²) in [5, 5.41) is 11.8. The number of phosphoric ester groups is 1. The Morgan fingerprint density at radius 1 is 0.849 bits per heavy atom. The molecule has 2 saturated heterocycles. The first kappa shape index (κ1) is 54.7. The fraction of sp³-hybridized carbons (Fsp3) is 0.451. The summed E-state index contributed by atoms with van der Waals surface area (Å²) in [6.45, 7) is 12.2. The summed E-state index contributed by atoms with van der Waals surface area (Å²) < 4.78 is 74.5. The number of H-pyrrole nitrogens is 1. The van der Waals surface area contributed by atoms with Gasteiger partial charge in [-0.2, -0.15) is 10.2 Å². The second kappa shape index (κ2) is 23.0. The average Bonchev–Trinajstić information content (AvgIpc) is 3.94. The highest BCUT2D eigenvalue weighted by Crippen LogP contribution is 2.54. The molecule has 2 aliphatic heterocycles. The lowest BCUT2D eigenvalue weighted by molar-refractivity contribution is -0.114. The lowest BCUT2D eigenvalue weighted by atomic mass is 9.80. The summed E-state index contributed by atoms with van der Waals surface area (Å²) in [5.74, 6) is 0.835. The van der Waals surface area contributed by atoms with Crippen molar-refractivity contribution in [3.05, 3.63) is 151 Å². The van der Waals surface area contributed by atoms with Crippen LogP contribution in [0, 0.1) is 18.3 Å². The van der Waals surface area contributed by atoms with Gasteiger partial charge in [0.2, 0.25) is 5.91 Å². The van der Waals surface area contributed by atoms with Gasteiger partial charge in [0.15, 0.2) is 8.32 Å². The van der Waals surface area contributed by atoms with Gasteiger partial charge in [0.25, 0.3) is 5.56 Å². The number of aromatic nitrogens is 4. The van der Waals surface area contributed by atoms with Crippen molar-refractivity contribution in [3.63, 3.8) is 0 Å². The zero-order valence-electron chi connectivity index (χ0n) is 42.4. The van der Waals surface area contributed by atoms with Gasteiger partial charge in [-0.3, -0.25) is 37.3 Å². The summed E-state index contributed by atoms with van der Waals surface area (Å²) in [6, 6.07) is 27.8. The molecule has 390 valence electrons.